The highest BCUT2D eigenvalue weighted by Crippen LogP contribution is 2.24. The Labute approximate surface area is 109 Å². The van der Waals surface area contributed by atoms with Gasteiger partial charge in [-0.15, -0.1) is 11.3 Å². The van der Waals surface area contributed by atoms with Crippen LogP contribution >= 0.6 is 11.3 Å². The van der Waals surface area contributed by atoms with E-state index in [0.29, 0.717) is 13.0 Å². The third-order valence-corrected chi connectivity index (χ3v) is 4.04. The molecule has 3 rings (SSSR count). The molecule has 1 saturated heterocycles. The van der Waals surface area contributed by atoms with Gasteiger partial charge in [0.15, 0.2) is 0 Å². The molecular weight excluding hydrogens is 248 g/mol. The van der Waals surface area contributed by atoms with E-state index in [2.05, 4.69) is 10.6 Å². The topological polar surface area (TPSA) is 61.4 Å². The monoisotopic (exact) mass is 262 g/mol. The summed E-state index contributed by atoms with van der Waals surface area (Å²) in [6, 6.07) is 7.62. The number of carbonyl (C=O) groups excluding carboxylic acids is 1. The summed E-state index contributed by atoms with van der Waals surface area (Å²) in [6.45, 7) is 0.488. The lowest BCUT2D eigenvalue weighted by atomic mass is 10.2. The fourth-order valence-electron chi connectivity index (χ4n) is 2.19. The van der Waals surface area contributed by atoms with Gasteiger partial charge in [-0.25, -0.2) is 0 Å². The minimum absolute atomic E-state index is 0.0823. The number of carbonyl (C=O) groups is 1. The Kier molecular flexibility index (Phi) is 3.03. The summed E-state index contributed by atoms with van der Waals surface area (Å²) in [5.74, 6) is -0.0823. The second-order valence-electron chi connectivity index (χ2n) is 4.51. The molecule has 5 heteroatoms. The fourth-order valence-corrected chi connectivity index (χ4v) is 2.96. The van der Waals surface area contributed by atoms with E-state index in [-0.39, 0.29) is 11.9 Å². The number of β-amino-alcohol motifs (C(OH)–C–C–N with tert-alkyl or cyclic N) is 1. The quantitative estimate of drug-likeness (QED) is 0.769. The average molecular weight is 262 g/mol. The molecule has 18 heavy (non-hydrogen) atoms. The van der Waals surface area contributed by atoms with Crippen LogP contribution in [0.3, 0.4) is 0 Å². The van der Waals surface area contributed by atoms with Crippen LogP contribution in [-0.2, 0) is 4.79 Å². The van der Waals surface area contributed by atoms with Gasteiger partial charge in [-0.1, -0.05) is 0 Å². The molecule has 1 aliphatic heterocycles. The first-order chi connectivity index (χ1) is 8.72. The van der Waals surface area contributed by atoms with Crippen molar-refractivity contribution in [2.24, 2.45) is 0 Å². The zero-order chi connectivity index (χ0) is 12.5. The highest BCUT2D eigenvalue weighted by molar-refractivity contribution is 7.17. The van der Waals surface area contributed by atoms with Crippen LogP contribution in [0.2, 0.25) is 0 Å². The predicted octanol–water partition coefficient (Wildman–Crippen LogP) is 1.56. The van der Waals surface area contributed by atoms with E-state index in [9.17, 15) is 9.90 Å². The van der Waals surface area contributed by atoms with Crippen LogP contribution in [0.4, 0.5) is 5.69 Å². The lowest BCUT2D eigenvalue weighted by Gasteiger charge is -2.11. The van der Waals surface area contributed by atoms with Crippen molar-refractivity contribution in [3.63, 3.8) is 0 Å². The predicted molar refractivity (Wildman–Crippen MR) is 72.9 cm³/mol. The van der Waals surface area contributed by atoms with Gasteiger partial charge in [0.25, 0.3) is 0 Å². The third-order valence-electron chi connectivity index (χ3n) is 3.14. The number of thiophene rings is 1. The highest BCUT2D eigenvalue weighted by atomic mass is 32.1. The minimum atomic E-state index is -0.417. The van der Waals surface area contributed by atoms with Crippen molar-refractivity contribution < 1.29 is 9.90 Å². The first-order valence-corrected chi connectivity index (χ1v) is 6.80. The van der Waals surface area contributed by atoms with Gasteiger partial charge in [0.1, 0.15) is 0 Å². The van der Waals surface area contributed by atoms with Crippen molar-refractivity contribution in [3.05, 3.63) is 29.6 Å². The molecule has 1 amide bonds. The largest absolute Gasteiger partial charge is 0.392 e. The van der Waals surface area contributed by atoms with Crippen LogP contribution in [0, 0.1) is 0 Å². The molecule has 0 bridgehead atoms. The van der Waals surface area contributed by atoms with Crippen LogP contribution in [0.15, 0.2) is 29.6 Å². The highest BCUT2D eigenvalue weighted by Gasteiger charge is 2.27. The molecule has 2 atom stereocenters. The Balaban J connectivity index is 1.73. The SMILES string of the molecule is O=C(Nc1ccc2sccc2c1)C1CC(O)CN1. The van der Waals surface area contributed by atoms with E-state index in [0.717, 1.165) is 11.1 Å². The number of benzene rings is 1. The Bertz CT molecular complexity index is 581. The van der Waals surface area contributed by atoms with E-state index in [4.69, 9.17) is 0 Å². The van der Waals surface area contributed by atoms with Gasteiger partial charge in [-0.2, -0.15) is 0 Å². The molecule has 4 nitrogen and oxygen atoms in total. The van der Waals surface area contributed by atoms with Gasteiger partial charge in [0.2, 0.25) is 5.91 Å². The van der Waals surface area contributed by atoms with E-state index in [1.165, 1.54) is 4.70 Å². The summed E-state index contributed by atoms with van der Waals surface area (Å²) >= 11 is 1.68. The number of aliphatic hydroxyl groups excluding tert-OH is 1. The summed E-state index contributed by atoms with van der Waals surface area (Å²) in [4.78, 5) is 12.0. The van der Waals surface area contributed by atoms with Crippen LogP contribution in [-0.4, -0.2) is 29.7 Å². The molecule has 0 radical (unpaired) electrons. The first kappa shape index (κ1) is 11.6. The Morgan fingerprint density at radius 2 is 2.33 bits per heavy atom. The second kappa shape index (κ2) is 4.68. The lowest BCUT2D eigenvalue weighted by Crippen LogP contribution is -2.35. The number of hydrogen-bond acceptors (Lipinski definition) is 4. The second-order valence-corrected chi connectivity index (χ2v) is 5.46. The van der Waals surface area contributed by atoms with Crippen molar-refractivity contribution in [1.82, 2.24) is 5.32 Å². The summed E-state index contributed by atoms with van der Waals surface area (Å²) in [5, 5.41) is 18.4. The zero-order valence-corrected chi connectivity index (χ0v) is 10.5. The number of aliphatic hydroxyl groups is 1. The Morgan fingerprint density at radius 3 is 3.11 bits per heavy atom. The Morgan fingerprint density at radius 1 is 1.44 bits per heavy atom. The standard InChI is InChI=1S/C13H14N2O2S/c16-10-6-11(14-7-10)13(17)15-9-1-2-12-8(5-9)3-4-18-12/h1-5,10-11,14,16H,6-7H2,(H,15,17). The zero-order valence-electron chi connectivity index (χ0n) is 9.72. The van der Waals surface area contributed by atoms with Gasteiger partial charge in [0.05, 0.1) is 12.1 Å². The molecule has 2 unspecified atom stereocenters. The van der Waals surface area contributed by atoms with Gasteiger partial charge in [0, 0.05) is 16.9 Å². The molecule has 94 valence electrons. The smallest absolute Gasteiger partial charge is 0.241 e. The molecule has 0 saturated carbocycles. The van der Waals surface area contributed by atoms with Crippen LogP contribution in [0.5, 0.6) is 0 Å². The number of amides is 1. The van der Waals surface area contributed by atoms with Crippen molar-refractivity contribution in [2.75, 3.05) is 11.9 Å². The summed E-state index contributed by atoms with van der Waals surface area (Å²) in [7, 11) is 0. The molecule has 1 aliphatic rings. The normalized spacial score (nSPS) is 23.4. The van der Waals surface area contributed by atoms with Crippen molar-refractivity contribution in [1.29, 1.82) is 0 Å². The maximum Gasteiger partial charge on any atom is 0.241 e. The van der Waals surface area contributed by atoms with Gasteiger partial charge in [-0.3, -0.25) is 4.79 Å². The molecule has 2 heterocycles. The summed E-state index contributed by atoms with van der Waals surface area (Å²) in [6.07, 6.45) is 0.0621. The molecule has 1 aromatic carbocycles. The molecule has 0 aliphatic carbocycles. The Hall–Kier alpha value is -1.43. The van der Waals surface area contributed by atoms with Gasteiger partial charge in [-0.05, 0) is 41.5 Å². The summed E-state index contributed by atoms with van der Waals surface area (Å²) < 4.78 is 1.21. The molecule has 2 aromatic rings. The van der Waals surface area contributed by atoms with E-state index < -0.39 is 6.10 Å². The average Bonchev–Trinajstić information content (AvgIpc) is 2.96. The fraction of sp³-hybridized carbons (Fsp3) is 0.308. The lowest BCUT2D eigenvalue weighted by molar-refractivity contribution is -0.117. The third kappa shape index (κ3) is 2.25. The molecule has 3 N–H and O–H groups in total. The minimum Gasteiger partial charge on any atom is -0.392 e. The number of rotatable bonds is 2. The molecule has 1 fully saturated rings. The number of nitrogens with one attached hydrogen (secondary N) is 2. The number of fused-ring (bicyclic) bond motifs is 1. The molecular formula is C13H14N2O2S. The maximum absolute atomic E-state index is 12.0. The van der Waals surface area contributed by atoms with E-state index in [1.54, 1.807) is 11.3 Å². The molecule has 0 spiro atoms. The van der Waals surface area contributed by atoms with E-state index >= 15 is 0 Å². The maximum atomic E-state index is 12.0. The van der Waals surface area contributed by atoms with Crippen molar-refractivity contribution in [2.45, 2.75) is 18.6 Å². The van der Waals surface area contributed by atoms with Crippen molar-refractivity contribution in [3.8, 4) is 0 Å². The van der Waals surface area contributed by atoms with Crippen LogP contribution in [0.25, 0.3) is 10.1 Å². The van der Waals surface area contributed by atoms with Gasteiger partial charge >= 0.3 is 0 Å². The van der Waals surface area contributed by atoms with E-state index in [1.807, 2.05) is 29.6 Å². The number of anilines is 1. The van der Waals surface area contributed by atoms with Gasteiger partial charge < -0.3 is 15.7 Å². The van der Waals surface area contributed by atoms with Crippen molar-refractivity contribution >= 4 is 33.0 Å². The van der Waals surface area contributed by atoms with Crippen LogP contribution in [0.1, 0.15) is 6.42 Å². The molecule has 1 aromatic heterocycles. The first-order valence-electron chi connectivity index (χ1n) is 5.92. The number of hydrogen-bond donors (Lipinski definition) is 3. The summed E-state index contributed by atoms with van der Waals surface area (Å²) in [5.41, 5.74) is 0.800. The van der Waals surface area contributed by atoms with Crippen LogP contribution < -0.4 is 10.6 Å².